The average Bonchev–Trinajstić information content (AvgIpc) is 1.99. The predicted molar refractivity (Wildman–Crippen MR) is 68.2 cm³/mol. The molecule has 0 saturated carbocycles. The Kier molecular flexibility index (Phi) is 5.98. The Morgan fingerprint density at radius 1 is 1.25 bits per heavy atom. The highest BCUT2D eigenvalue weighted by Gasteiger charge is 2.22. The normalized spacial score (nSPS) is 17.1. The van der Waals surface area contributed by atoms with Gasteiger partial charge in [-0.3, -0.25) is 0 Å². The second-order valence-electron chi connectivity index (χ2n) is 5.93. The van der Waals surface area contributed by atoms with E-state index in [9.17, 15) is 13.5 Å². The monoisotopic (exact) mass is 250 g/mol. The molecule has 0 aliphatic rings. The Morgan fingerprint density at radius 2 is 1.75 bits per heavy atom. The molecule has 0 aromatic carbocycles. The van der Waals surface area contributed by atoms with Gasteiger partial charge in [-0.2, -0.15) is 0 Å². The highest BCUT2D eigenvalue weighted by Crippen LogP contribution is 2.29. The van der Waals surface area contributed by atoms with Crippen molar-refractivity contribution in [3.63, 3.8) is 0 Å². The zero-order valence-corrected chi connectivity index (χ0v) is 12.0. The summed E-state index contributed by atoms with van der Waals surface area (Å²) in [5.74, 6) is 0.606. The summed E-state index contributed by atoms with van der Waals surface area (Å²) in [6.07, 6.45) is 2.73. The van der Waals surface area contributed by atoms with Crippen LogP contribution in [0.4, 0.5) is 0 Å². The van der Waals surface area contributed by atoms with E-state index in [0.717, 1.165) is 6.42 Å². The summed E-state index contributed by atoms with van der Waals surface area (Å²) >= 11 is 0. The summed E-state index contributed by atoms with van der Waals surface area (Å²) < 4.78 is 21.8. The topological polar surface area (TPSA) is 54.4 Å². The molecule has 0 radical (unpaired) electrons. The van der Waals surface area contributed by atoms with E-state index in [-0.39, 0.29) is 17.3 Å². The lowest BCUT2D eigenvalue weighted by Gasteiger charge is -2.29. The van der Waals surface area contributed by atoms with E-state index in [1.54, 1.807) is 0 Å². The molecule has 4 heteroatoms. The zero-order chi connectivity index (χ0) is 13.0. The number of aliphatic hydroxyl groups is 1. The lowest BCUT2D eigenvalue weighted by molar-refractivity contribution is 0.103. The summed E-state index contributed by atoms with van der Waals surface area (Å²) in [4.78, 5) is 0. The maximum atomic E-state index is 10.9. The molecule has 1 N–H and O–H groups in total. The Bertz CT molecular complexity index is 288. The summed E-state index contributed by atoms with van der Waals surface area (Å²) in [6, 6.07) is 0. The third-order valence-electron chi connectivity index (χ3n) is 3.16. The van der Waals surface area contributed by atoms with Crippen molar-refractivity contribution in [1.82, 2.24) is 0 Å². The quantitative estimate of drug-likeness (QED) is 0.786. The van der Waals surface area contributed by atoms with Crippen LogP contribution in [0.15, 0.2) is 0 Å². The van der Waals surface area contributed by atoms with Crippen LogP contribution in [0, 0.1) is 11.3 Å². The third-order valence-corrected chi connectivity index (χ3v) is 4.19. The number of hydrogen-bond acceptors (Lipinski definition) is 3. The molecule has 16 heavy (non-hydrogen) atoms. The average molecular weight is 250 g/mol. The molecule has 0 fully saturated rings. The fourth-order valence-electron chi connectivity index (χ4n) is 1.46. The van der Waals surface area contributed by atoms with E-state index >= 15 is 0 Å². The molecule has 2 atom stereocenters. The van der Waals surface area contributed by atoms with Gasteiger partial charge in [0.25, 0.3) is 0 Å². The second-order valence-corrected chi connectivity index (χ2v) is 8.19. The molecule has 0 spiro atoms. The number of sulfone groups is 1. The van der Waals surface area contributed by atoms with E-state index < -0.39 is 9.84 Å². The predicted octanol–water partition coefficient (Wildman–Crippen LogP) is 2.24. The molecule has 0 amide bonds. The first-order valence-corrected chi connectivity index (χ1v) is 7.94. The highest BCUT2D eigenvalue weighted by molar-refractivity contribution is 7.90. The van der Waals surface area contributed by atoms with Crippen molar-refractivity contribution >= 4 is 9.84 Å². The van der Waals surface area contributed by atoms with E-state index in [1.165, 1.54) is 6.26 Å². The number of hydrogen-bond donors (Lipinski definition) is 1. The Morgan fingerprint density at radius 3 is 2.12 bits per heavy atom. The van der Waals surface area contributed by atoms with E-state index in [1.807, 2.05) is 0 Å². The van der Waals surface area contributed by atoms with Gasteiger partial charge in [0.05, 0.1) is 6.10 Å². The molecule has 0 aromatic heterocycles. The molecule has 3 nitrogen and oxygen atoms in total. The van der Waals surface area contributed by atoms with Gasteiger partial charge in [0.1, 0.15) is 9.84 Å². The largest absolute Gasteiger partial charge is 0.393 e. The molecule has 0 aliphatic heterocycles. The molecule has 0 rings (SSSR count). The standard InChI is InChI=1S/C12H26O3S/c1-10(12(2,3)4)9-11(13)7-6-8-16(5,14)15/h10-11,13H,6-9H2,1-5H3. The minimum Gasteiger partial charge on any atom is -0.393 e. The van der Waals surface area contributed by atoms with Crippen LogP contribution in [-0.4, -0.2) is 31.6 Å². The smallest absolute Gasteiger partial charge is 0.147 e. The van der Waals surface area contributed by atoms with E-state index in [0.29, 0.717) is 18.8 Å². The molecule has 0 saturated heterocycles. The molecular formula is C12H26O3S. The van der Waals surface area contributed by atoms with E-state index in [4.69, 9.17) is 0 Å². The fourth-order valence-corrected chi connectivity index (χ4v) is 2.15. The summed E-state index contributed by atoms with van der Waals surface area (Å²) in [5.41, 5.74) is 0.192. The van der Waals surface area contributed by atoms with Crippen LogP contribution in [0.5, 0.6) is 0 Å². The highest BCUT2D eigenvalue weighted by atomic mass is 32.2. The van der Waals surface area contributed by atoms with Gasteiger partial charge in [0, 0.05) is 12.0 Å². The van der Waals surface area contributed by atoms with Crippen molar-refractivity contribution in [3.05, 3.63) is 0 Å². The first-order chi connectivity index (χ1) is 7.02. The van der Waals surface area contributed by atoms with Crippen molar-refractivity contribution in [3.8, 4) is 0 Å². The lowest BCUT2D eigenvalue weighted by atomic mass is 9.78. The first kappa shape index (κ1) is 15.9. The van der Waals surface area contributed by atoms with Crippen LogP contribution >= 0.6 is 0 Å². The molecule has 2 unspecified atom stereocenters. The molecule has 0 aromatic rings. The van der Waals surface area contributed by atoms with Gasteiger partial charge in [-0.25, -0.2) is 8.42 Å². The van der Waals surface area contributed by atoms with Crippen molar-refractivity contribution in [1.29, 1.82) is 0 Å². The summed E-state index contributed by atoms with van der Waals surface area (Å²) in [5, 5.41) is 9.78. The molecular weight excluding hydrogens is 224 g/mol. The van der Waals surface area contributed by atoms with Crippen LogP contribution in [0.1, 0.15) is 47.0 Å². The Labute approximate surface area is 100 Å². The first-order valence-electron chi connectivity index (χ1n) is 5.88. The maximum Gasteiger partial charge on any atom is 0.147 e. The fraction of sp³-hybridized carbons (Fsp3) is 1.00. The van der Waals surface area contributed by atoms with E-state index in [2.05, 4.69) is 27.7 Å². The van der Waals surface area contributed by atoms with Gasteiger partial charge in [0.2, 0.25) is 0 Å². The summed E-state index contributed by atoms with van der Waals surface area (Å²) in [7, 11) is -2.89. The zero-order valence-electron chi connectivity index (χ0n) is 11.2. The van der Waals surface area contributed by atoms with Gasteiger partial charge in [0.15, 0.2) is 0 Å². The van der Waals surface area contributed by atoms with Crippen LogP contribution in [0.2, 0.25) is 0 Å². The van der Waals surface area contributed by atoms with Gasteiger partial charge in [-0.05, 0) is 30.6 Å². The van der Waals surface area contributed by atoms with Crippen LogP contribution in [-0.2, 0) is 9.84 Å². The van der Waals surface area contributed by atoms with Crippen molar-refractivity contribution in [2.24, 2.45) is 11.3 Å². The number of aliphatic hydroxyl groups excluding tert-OH is 1. The number of rotatable bonds is 6. The Hall–Kier alpha value is -0.0900. The van der Waals surface area contributed by atoms with Crippen molar-refractivity contribution in [2.75, 3.05) is 12.0 Å². The Balaban J connectivity index is 3.88. The van der Waals surface area contributed by atoms with Gasteiger partial charge >= 0.3 is 0 Å². The van der Waals surface area contributed by atoms with Gasteiger partial charge in [-0.1, -0.05) is 27.7 Å². The molecule has 0 aliphatic carbocycles. The van der Waals surface area contributed by atoms with Crippen molar-refractivity contribution in [2.45, 2.75) is 53.1 Å². The second kappa shape index (κ2) is 6.01. The lowest BCUT2D eigenvalue weighted by Crippen LogP contribution is -2.23. The summed E-state index contributed by atoms with van der Waals surface area (Å²) in [6.45, 7) is 8.59. The van der Waals surface area contributed by atoms with Crippen LogP contribution in [0.25, 0.3) is 0 Å². The van der Waals surface area contributed by atoms with Crippen LogP contribution in [0.3, 0.4) is 0 Å². The van der Waals surface area contributed by atoms with Gasteiger partial charge < -0.3 is 5.11 Å². The molecule has 0 bridgehead atoms. The maximum absolute atomic E-state index is 10.9. The van der Waals surface area contributed by atoms with Gasteiger partial charge in [-0.15, -0.1) is 0 Å². The van der Waals surface area contributed by atoms with Crippen molar-refractivity contribution < 1.29 is 13.5 Å². The minimum absolute atomic E-state index is 0.175. The SMILES string of the molecule is CC(CC(O)CCCS(C)(=O)=O)C(C)(C)C. The molecule has 98 valence electrons. The van der Waals surface area contributed by atoms with Crippen LogP contribution < -0.4 is 0 Å². The molecule has 0 heterocycles. The third kappa shape index (κ3) is 8.11. The minimum atomic E-state index is -2.89.